The summed E-state index contributed by atoms with van der Waals surface area (Å²) in [7, 11) is 0. The second-order valence-electron chi connectivity index (χ2n) is 3.10. The molecule has 1 aromatic carbocycles. The Hall–Kier alpha value is -2.34. The van der Waals surface area contributed by atoms with Crippen molar-refractivity contribution in [2.45, 2.75) is 0 Å². The average Bonchev–Trinajstić information content (AvgIpc) is 2.34. The Morgan fingerprint density at radius 3 is 2.69 bits per heavy atom. The third-order valence-corrected chi connectivity index (χ3v) is 1.89. The highest BCUT2D eigenvalue weighted by molar-refractivity contribution is 5.91. The summed E-state index contributed by atoms with van der Waals surface area (Å²) in [6.45, 7) is 3.96. The summed E-state index contributed by atoms with van der Waals surface area (Å²) < 4.78 is 0. The van der Waals surface area contributed by atoms with Crippen molar-refractivity contribution in [3.63, 3.8) is 0 Å². The van der Waals surface area contributed by atoms with Crippen LogP contribution < -0.4 is 5.32 Å². The Morgan fingerprint density at radius 1 is 1.44 bits per heavy atom. The summed E-state index contributed by atoms with van der Waals surface area (Å²) in [4.78, 5) is 11.2. The molecule has 0 aliphatic rings. The van der Waals surface area contributed by atoms with Gasteiger partial charge in [0.1, 0.15) is 0 Å². The molecule has 3 heteroatoms. The fraction of sp³-hybridized carbons (Fsp3) is 0.0769. The van der Waals surface area contributed by atoms with Crippen molar-refractivity contribution < 1.29 is 4.79 Å². The largest absolute Gasteiger partial charge is 0.349 e. The van der Waals surface area contributed by atoms with E-state index in [0.717, 1.165) is 5.56 Å². The number of rotatable bonds is 4. The minimum absolute atomic E-state index is 0.163. The summed E-state index contributed by atoms with van der Waals surface area (Å²) in [5, 5.41) is 11.2. The Balaban J connectivity index is 2.59. The molecule has 0 fully saturated rings. The van der Waals surface area contributed by atoms with Crippen molar-refractivity contribution in [1.29, 1.82) is 5.26 Å². The zero-order valence-corrected chi connectivity index (χ0v) is 8.81. The number of nitrogens with zero attached hydrogens (tertiary/aromatic N) is 1. The Bertz CT molecular complexity index is 438. The lowest BCUT2D eigenvalue weighted by Gasteiger charge is -1.96. The molecular weight excluding hydrogens is 200 g/mol. The molecule has 16 heavy (non-hydrogen) atoms. The first-order valence-corrected chi connectivity index (χ1v) is 4.83. The van der Waals surface area contributed by atoms with Gasteiger partial charge in [0.15, 0.2) is 0 Å². The molecule has 0 heterocycles. The van der Waals surface area contributed by atoms with Crippen molar-refractivity contribution >= 4 is 12.0 Å². The van der Waals surface area contributed by atoms with E-state index in [-0.39, 0.29) is 5.91 Å². The van der Waals surface area contributed by atoms with Gasteiger partial charge in [0.2, 0.25) is 5.91 Å². The molecule has 3 nitrogen and oxygen atoms in total. The van der Waals surface area contributed by atoms with E-state index in [1.807, 2.05) is 6.07 Å². The van der Waals surface area contributed by atoms with E-state index >= 15 is 0 Å². The number of carbonyl (C=O) groups is 1. The SMILES string of the molecule is C=CCNC(=O)/C=C/c1ccc(C#N)cc1. The monoisotopic (exact) mass is 212 g/mol. The van der Waals surface area contributed by atoms with Gasteiger partial charge in [-0.05, 0) is 23.8 Å². The van der Waals surface area contributed by atoms with Crippen LogP contribution in [-0.2, 0) is 4.79 Å². The zero-order chi connectivity index (χ0) is 11.8. The molecule has 1 rings (SSSR count). The van der Waals surface area contributed by atoms with Crippen LogP contribution in [-0.4, -0.2) is 12.5 Å². The number of hydrogen-bond donors (Lipinski definition) is 1. The van der Waals surface area contributed by atoms with Crippen molar-refractivity contribution in [2.24, 2.45) is 0 Å². The summed E-state index contributed by atoms with van der Waals surface area (Å²) in [6, 6.07) is 9.03. The number of nitriles is 1. The molecule has 1 N–H and O–H groups in total. The maximum Gasteiger partial charge on any atom is 0.244 e. The van der Waals surface area contributed by atoms with Gasteiger partial charge < -0.3 is 5.32 Å². The van der Waals surface area contributed by atoms with Crippen LogP contribution in [0, 0.1) is 11.3 Å². The van der Waals surface area contributed by atoms with Gasteiger partial charge in [0, 0.05) is 12.6 Å². The molecule has 0 saturated heterocycles. The highest BCUT2D eigenvalue weighted by Gasteiger charge is 1.93. The Morgan fingerprint density at radius 2 is 2.12 bits per heavy atom. The van der Waals surface area contributed by atoms with Crippen LogP contribution in [0.4, 0.5) is 0 Å². The molecule has 0 bridgehead atoms. The van der Waals surface area contributed by atoms with Gasteiger partial charge >= 0.3 is 0 Å². The first-order chi connectivity index (χ1) is 7.76. The standard InChI is InChI=1S/C13H12N2O/c1-2-9-15-13(16)8-7-11-3-5-12(10-14)6-4-11/h2-8H,1,9H2,(H,15,16)/b8-7+. The molecule has 0 aliphatic carbocycles. The highest BCUT2D eigenvalue weighted by Crippen LogP contribution is 2.04. The normalized spacial score (nSPS) is 9.69. The van der Waals surface area contributed by atoms with Gasteiger partial charge in [-0.3, -0.25) is 4.79 Å². The van der Waals surface area contributed by atoms with Gasteiger partial charge in [-0.15, -0.1) is 6.58 Å². The summed E-state index contributed by atoms with van der Waals surface area (Å²) in [6.07, 6.45) is 4.76. The molecule has 1 amide bonds. The van der Waals surface area contributed by atoms with Gasteiger partial charge in [-0.2, -0.15) is 5.26 Å². The molecule has 0 unspecified atom stereocenters. The summed E-state index contributed by atoms with van der Waals surface area (Å²) in [5.41, 5.74) is 1.49. The van der Waals surface area contributed by atoms with Crippen LogP contribution in [0.25, 0.3) is 6.08 Å². The molecule has 0 atom stereocenters. The average molecular weight is 212 g/mol. The fourth-order valence-electron chi connectivity index (χ4n) is 1.07. The molecular formula is C13H12N2O. The van der Waals surface area contributed by atoms with Crippen molar-refractivity contribution in [3.8, 4) is 6.07 Å². The molecule has 0 aromatic heterocycles. The maximum absolute atomic E-state index is 11.2. The minimum Gasteiger partial charge on any atom is -0.349 e. The van der Waals surface area contributed by atoms with Gasteiger partial charge in [-0.25, -0.2) is 0 Å². The Labute approximate surface area is 94.7 Å². The number of amides is 1. The van der Waals surface area contributed by atoms with E-state index < -0.39 is 0 Å². The van der Waals surface area contributed by atoms with E-state index in [1.165, 1.54) is 6.08 Å². The van der Waals surface area contributed by atoms with Crippen LogP contribution in [0.1, 0.15) is 11.1 Å². The molecule has 0 aliphatic heterocycles. The van der Waals surface area contributed by atoms with Crippen LogP contribution in [0.15, 0.2) is 43.0 Å². The van der Waals surface area contributed by atoms with Crippen molar-refractivity contribution in [2.75, 3.05) is 6.54 Å². The molecule has 0 saturated carbocycles. The van der Waals surface area contributed by atoms with Crippen LogP contribution >= 0.6 is 0 Å². The topological polar surface area (TPSA) is 52.9 Å². The lowest BCUT2D eigenvalue weighted by atomic mass is 10.1. The minimum atomic E-state index is -0.163. The lowest BCUT2D eigenvalue weighted by Crippen LogP contribution is -2.20. The van der Waals surface area contributed by atoms with Crippen LogP contribution in [0.3, 0.4) is 0 Å². The van der Waals surface area contributed by atoms with E-state index in [4.69, 9.17) is 5.26 Å². The van der Waals surface area contributed by atoms with E-state index in [9.17, 15) is 4.79 Å². The van der Waals surface area contributed by atoms with Crippen LogP contribution in [0.5, 0.6) is 0 Å². The summed E-state index contributed by atoms with van der Waals surface area (Å²) in [5.74, 6) is -0.163. The van der Waals surface area contributed by atoms with E-state index in [0.29, 0.717) is 12.1 Å². The number of hydrogen-bond acceptors (Lipinski definition) is 2. The number of benzene rings is 1. The third-order valence-electron chi connectivity index (χ3n) is 1.89. The van der Waals surface area contributed by atoms with Gasteiger partial charge in [0.05, 0.1) is 11.6 Å². The summed E-state index contributed by atoms with van der Waals surface area (Å²) >= 11 is 0. The van der Waals surface area contributed by atoms with Crippen LogP contribution in [0.2, 0.25) is 0 Å². The predicted octanol–water partition coefficient (Wildman–Crippen LogP) is 1.87. The lowest BCUT2D eigenvalue weighted by molar-refractivity contribution is -0.116. The number of carbonyl (C=O) groups excluding carboxylic acids is 1. The maximum atomic E-state index is 11.2. The van der Waals surface area contributed by atoms with E-state index in [1.54, 1.807) is 36.4 Å². The number of nitrogens with one attached hydrogen (secondary N) is 1. The second-order valence-corrected chi connectivity index (χ2v) is 3.10. The molecule has 0 spiro atoms. The zero-order valence-electron chi connectivity index (χ0n) is 8.81. The molecule has 80 valence electrons. The smallest absolute Gasteiger partial charge is 0.244 e. The van der Waals surface area contributed by atoms with Crippen molar-refractivity contribution in [3.05, 3.63) is 54.1 Å². The predicted molar refractivity (Wildman–Crippen MR) is 63.4 cm³/mol. The van der Waals surface area contributed by atoms with Crippen molar-refractivity contribution in [1.82, 2.24) is 5.32 Å². The molecule has 1 aromatic rings. The third kappa shape index (κ3) is 3.81. The van der Waals surface area contributed by atoms with Gasteiger partial charge in [0.25, 0.3) is 0 Å². The van der Waals surface area contributed by atoms with Gasteiger partial charge in [-0.1, -0.05) is 18.2 Å². The van der Waals surface area contributed by atoms with E-state index in [2.05, 4.69) is 11.9 Å². The first-order valence-electron chi connectivity index (χ1n) is 4.83. The fourth-order valence-corrected chi connectivity index (χ4v) is 1.07. The highest BCUT2D eigenvalue weighted by atomic mass is 16.1. The molecule has 0 radical (unpaired) electrons. The second kappa shape index (κ2) is 6.20. The Kier molecular flexibility index (Phi) is 4.55. The quantitative estimate of drug-likeness (QED) is 0.612. The first kappa shape index (κ1) is 11.7.